The molecule has 12 heavy (non-hydrogen) atoms. The molecule has 0 spiro atoms. The Hall–Kier alpha value is 0.180. The minimum atomic E-state index is 0.0741. The topological polar surface area (TPSA) is 17.1 Å². The molecule has 0 saturated heterocycles. The van der Waals surface area contributed by atoms with Gasteiger partial charge in [0.25, 0.3) is 0 Å². The second-order valence-corrected chi connectivity index (χ2v) is 4.49. The summed E-state index contributed by atoms with van der Waals surface area (Å²) in [5.74, 6) is 0.381. The lowest BCUT2D eigenvalue weighted by Crippen LogP contribution is -2.19. The highest BCUT2D eigenvalue weighted by Gasteiger charge is 2.24. The van der Waals surface area contributed by atoms with E-state index >= 15 is 0 Å². The van der Waals surface area contributed by atoms with Crippen molar-refractivity contribution in [3.05, 3.63) is 10.6 Å². The lowest BCUT2D eigenvalue weighted by atomic mass is 9.91. The number of halogens is 2. The van der Waals surface area contributed by atoms with E-state index in [1.54, 1.807) is 0 Å². The van der Waals surface area contributed by atoms with Crippen LogP contribution >= 0.6 is 27.5 Å². The van der Waals surface area contributed by atoms with Crippen LogP contribution in [-0.4, -0.2) is 11.2 Å². The predicted molar refractivity (Wildman–Crippen MR) is 54.7 cm³/mol. The lowest BCUT2D eigenvalue weighted by Gasteiger charge is -2.21. The van der Waals surface area contributed by atoms with Gasteiger partial charge >= 0.3 is 0 Å². The van der Waals surface area contributed by atoms with Crippen LogP contribution in [0.3, 0.4) is 0 Å². The highest BCUT2D eigenvalue weighted by atomic mass is 79.9. The normalized spacial score (nSPS) is 29.8. The van der Waals surface area contributed by atoms with Crippen molar-refractivity contribution in [2.45, 2.75) is 31.6 Å². The summed E-state index contributed by atoms with van der Waals surface area (Å²) in [6, 6.07) is 0. The van der Waals surface area contributed by atoms with E-state index in [2.05, 4.69) is 15.9 Å². The fourth-order valence-corrected chi connectivity index (χ4v) is 2.61. The summed E-state index contributed by atoms with van der Waals surface area (Å²) in [5.41, 5.74) is 0. The molecule has 0 aromatic heterocycles. The zero-order chi connectivity index (χ0) is 9.14. The van der Waals surface area contributed by atoms with E-state index in [9.17, 15) is 4.79 Å². The minimum absolute atomic E-state index is 0.0741. The second kappa shape index (κ2) is 4.43. The van der Waals surface area contributed by atoms with Crippen molar-refractivity contribution >= 4 is 33.3 Å². The van der Waals surface area contributed by atoms with Crippen LogP contribution < -0.4 is 0 Å². The Bertz CT molecular complexity index is 213. The number of rotatable bonds is 2. The summed E-state index contributed by atoms with van der Waals surface area (Å²) in [7, 11) is 0. The molecular weight excluding hydrogens is 239 g/mol. The van der Waals surface area contributed by atoms with Crippen LogP contribution in [0.15, 0.2) is 10.6 Å². The van der Waals surface area contributed by atoms with Crippen LogP contribution in [-0.2, 0) is 4.79 Å². The molecule has 0 bridgehead atoms. The van der Waals surface area contributed by atoms with Crippen molar-refractivity contribution in [2.75, 3.05) is 0 Å². The molecule has 0 aromatic carbocycles. The van der Waals surface area contributed by atoms with Gasteiger partial charge in [-0.15, -0.1) is 11.6 Å². The van der Waals surface area contributed by atoms with Gasteiger partial charge in [0.05, 0.1) is 5.38 Å². The van der Waals surface area contributed by atoms with Crippen molar-refractivity contribution in [3.63, 3.8) is 0 Å². The molecule has 2 atom stereocenters. The van der Waals surface area contributed by atoms with Crippen molar-refractivity contribution in [1.82, 2.24) is 0 Å². The van der Waals surface area contributed by atoms with Gasteiger partial charge in [-0.2, -0.15) is 0 Å². The molecule has 0 amide bonds. The highest BCUT2D eigenvalue weighted by Crippen LogP contribution is 2.32. The van der Waals surface area contributed by atoms with E-state index in [-0.39, 0.29) is 11.3 Å². The summed E-state index contributed by atoms with van der Waals surface area (Å²) >= 11 is 9.30. The van der Waals surface area contributed by atoms with E-state index in [0.29, 0.717) is 12.2 Å². The van der Waals surface area contributed by atoms with Crippen molar-refractivity contribution in [1.29, 1.82) is 0 Å². The Kier molecular flexibility index (Phi) is 3.78. The van der Waals surface area contributed by atoms with Crippen LogP contribution in [0, 0.1) is 5.92 Å². The Morgan fingerprint density at radius 2 is 2.42 bits per heavy atom. The first-order valence-electron chi connectivity index (χ1n) is 4.19. The number of ketones is 1. The van der Waals surface area contributed by atoms with Crippen LogP contribution in [0.5, 0.6) is 0 Å². The summed E-state index contributed by atoms with van der Waals surface area (Å²) in [6.45, 7) is 1.90. The van der Waals surface area contributed by atoms with Gasteiger partial charge in [0.15, 0.2) is 0 Å². The molecule has 0 N–H and O–H groups in total. The average Bonchev–Trinajstić information content (AvgIpc) is 2.03. The molecule has 68 valence electrons. The summed E-state index contributed by atoms with van der Waals surface area (Å²) in [5, 5.41) is 0.0975. The molecule has 1 aliphatic carbocycles. The van der Waals surface area contributed by atoms with E-state index in [1.165, 1.54) is 0 Å². The van der Waals surface area contributed by atoms with E-state index in [4.69, 9.17) is 11.6 Å². The van der Waals surface area contributed by atoms with Gasteiger partial charge < -0.3 is 0 Å². The smallest absolute Gasteiger partial charge is 0.140 e. The number of carbonyl (C=O) groups excluding carboxylic acids is 1. The fraction of sp³-hybridized carbons (Fsp3) is 0.667. The van der Waals surface area contributed by atoms with Gasteiger partial charge in [0, 0.05) is 16.8 Å². The Morgan fingerprint density at radius 1 is 1.75 bits per heavy atom. The van der Waals surface area contributed by atoms with Crippen LogP contribution in [0.2, 0.25) is 0 Å². The third kappa shape index (κ3) is 2.33. The van der Waals surface area contributed by atoms with Gasteiger partial charge in [0.1, 0.15) is 5.78 Å². The highest BCUT2D eigenvalue weighted by molar-refractivity contribution is 9.11. The molecule has 0 aromatic rings. The van der Waals surface area contributed by atoms with Gasteiger partial charge in [-0.1, -0.05) is 28.9 Å². The number of alkyl halides is 1. The van der Waals surface area contributed by atoms with Gasteiger partial charge in [-0.3, -0.25) is 4.79 Å². The third-order valence-electron chi connectivity index (χ3n) is 2.14. The van der Waals surface area contributed by atoms with Crippen LogP contribution in [0.4, 0.5) is 0 Å². The maximum absolute atomic E-state index is 11.4. The summed E-state index contributed by atoms with van der Waals surface area (Å²) < 4.78 is 0.973. The maximum atomic E-state index is 11.4. The zero-order valence-corrected chi connectivity index (χ0v) is 9.36. The first-order valence-corrected chi connectivity index (χ1v) is 5.42. The molecular formula is C9H12BrClO. The third-order valence-corrected chi connectivity index (χ3v) is 3.30. The van der Waals surface area contributed by atoms with E-state index < -0.39 is 0 Å². The monoisotopic (exact) mass is 250 g/mol. The predicted octanol–water partition coefficient (Wildman–Crippen LogP) is 3.26. The molecule has 1 nitrogen and oxygen atoms in total. The summed E-state index contributed by atoms with van der Waals surface area (Å²) in [6.07, 6.45) is 4.34. The van der Waals surface area contributed by atoms with Crippen molar-refractivity contribution in [3.8, 4) is 0 Å². The number of Topliss-reactive ketones (excluding diaryl/α,β-unsaturated/α-hetero) is 1. The zero-order valence-electron chi connectivity index (χ0n) is 7.02. The van der Waals surface area contributed by atoms with Crippen LogP contribution in [0.1, 0.15) is 26.2 Å². The molecule has 0 heterocycles. The standard InChI is InChI=1S/C9H12BrClO/c1-2-9(12)7-4-3-6(11)5-8(7)10/h5-7H,2-4H2,1H3. The Balaban J connectivity index is 2.68. The lowest BCUT2D eigenvalue weighted by molar-refractivity contribution is -0.121. The van der Waals surface area contributed by atoms with Gasteiger partial charge in [-0.05, 0) is 12.8 Å². The molecule has 0 fully saturated rings. The van der Waals surface area contributed by atoms with E-state index in [0.717, 1.165) is 17.3 Å². The molecule has 2 unspecified atom stereocenters. The van der Waals surface area contributed by atoms with Crippen molar-refractivity contribution in [2.24, 2.45) is 5.92 Å². The number of hydrogen-bond acceptors (Lipinski definition) is 1. The van der Waals surface area contributed by atoms with Gasteiger partial charge in [0.2, 0.25) is 0 Å². The molecule has 0 saturated carbocycles. The SMILES string of the molecule is CCC(=O)C1CCC(Cl)C=C1Br. The van der Waals surface area contributed by atoms with Crippen molar-refractivity contribution < 1.29 is 4.79 Å². The molecule has 3 heteroatoms. The molecule has 1 rings (SSSR count). The number of hydrogen-bond donors (Lipinski definition) is 0. The first kappa shape index (κ1) is 10.3. The van der Waals surface area contributed by atoms with Crippen LogP contribution in [0.25, 0.3) is 0 Å². The second-order valence-electron chi connectivity index (χ2n) is 3.02. The summed E-state index contributed by atoms with van der Waals surface area (Å²) in [4.78, 5) is 11.4. The minimum Gasteiger partial charge on any atom is -0.299 e. The number of allylic oxidation sites excluding steroid dienone is 2. The molecule has 1 aliphatic rings. The van der Waals surface area contributed by atoms with Gasteiger partial charge in [-0.25, -0.2) is 0 Å². The number of carbonyl (C=O) groups is 1. The first-order chi connectivity index (χ1) is 5.65. The van der Waals surface area contributed by atoms with E-state index in [1.807, 2.05) is 13.0 Å². The largest absolute Gasteiger partial charge is 0.299 e. The Labute approximate surface area is 86.3 Å². The molecule has 0 radical (unpaired) electrons. The molecule has 0 aliphatic heterocycles. The fourth-order valence-electron chi connectivity index (χ4n) is 1.40. The Morgan fingerprint density at radius 3 is 2.92 bits per heavy atom. The maximum Gasteiger partial charge on any atom is 0.140 e. The quantitative estimate of drug-likeness (QED) is 0.689. The average molecular weight is 252 g/mol.